The highest BCUT2D eigenvalue weighted by Crippen LogP contribution is 2.21. The first-order chi connectivity index (χ1) is 15.3. The number of carbonyl (C=O) groups is 1. The fraction of sp³-hybridized carbons (Fsp3) is 0.0476. The van der Waals surface area contributed by atoms with Crippen molar-refractivity contribution in [2.24, 2.45) is 0 Å². The smallest absolute Gasteiger partial charge is 0.278 e. The lowest BCUT2D eigenvalue weighted by atomic mass is 10.1. The summed E-state index contributed by atoms with van der Waals surface area (Å²) in [6.45, 7) is 1.65. The molecule has 0 saturated carbocycles. The van der Waals surface area contributed by atoms with Gasteiger partial charge in [-0.15, -0.1) is 0 Å². The molecule has 0 aliphatic rings. The number of amides is 1. The van der Waals surface area contributed by atoms with E-state index in [1.807, 2.05) is 30.3 Å². The number of hydrogen-bond acceptors (Lipinski definition) is 8. The van der Waals surface area contributed by atoms with Crippen LogP contribution in [0.15, 0.2) is 76.3 Å². The van der Waals surface area contributed by atoms with Gasteiger partial charge in [0.2, 0.25) is 0 Å². The average Bonchev–Trinajstić information content (AvgIpc) is 3.18. The van der Waals surface area contributed by atoms with E-state index >= 15 is 0 Å². The molecule has 0 radical (unpaired) electrons. The lowest BCUT2D eigenvalue weighted by Gasteiger charge is -2.09. The second-order valence-electron chi connectivity index (χ2n) is 6.76. The van der Waals surface area contributed by atoms with E-state index in [1.165, 1.54) is 36.5 Å². The van der Waals surface area contributed by atoms with Crippen LogP contribution in [0.2, 0.25) is 0 Å². The third kappa shape index (κ3) is 4.57. The quantitative estimate of drug-likeness (QED) is 0.405. The molecule has 0 aliphatic carbocycles. The van der Waals surface area contributed by atoms with Gasteiger partial charge in [0.05, 0.1) is 16.8 Å². The van der Waals surface area contributed by atoms with Gasteiger partial charge in [0.1, 0.15) is 5.76 Å². The van der Waals surface area contributed by atoms with Crippen LogP contribution in [0.4, 0.5) is 17.3 Å². The van der Waals surface area contributed by atoms with Crippen molar-refractivity contribution in [3.63, 3.8) is 0 Å². The summed E-state index contributed by atoms with van der Waals surface area (Å²) in [4.78, 5) is 21.1. The number of nitrogens with one attached hydrogen (secondary N) is 2. The molecule has 2 aromatic heterocycles. The zero-order valence-corrected chi connectivity index (χ0v) is 17.6. The van der Waals surface area contributed by atoms with Gasteiger partial charge >= 0.3 is 0 Å². The first kappa shape index (κ1) is 21.0. The van der Waals surface area contributed by atoms with E-state index in [1.54, 1.807) is 6.92 Å². The number of rotatable bonds is 6. The van der Waals surface area contributed by atoms with E-state index < -0.39 is 15.9 Å². The minimum absolute atomic E-state index is 0.0125. The highest BCUT2D eigenvalue weighted by Gasteiger charge is 2.18. The summed E-state index contributed by atoms with van der Waals surface area (Å²) in [5, 5.41) is 6.25. The number of anilines is 3. The van der Waals surface area contributed by atoms with E-state index in [9.17, 15) is 13.2 Å². The van der Waals surface area contributed by atoms with Crippen molar-refractivity contribution >= 4 is 33.3 Å². The van der Waals surface area contributed by atoms with Crippen LogP contribution in [0, 0.1) is 6.92 Å². The second-order valence-corrected chi connectivity index (χ2v) is 8.44. The topological polar surface area (TPSA) is 153 Å². The van der Waals surface area contributed by atoms with Crippen molar-refractivity contribution in [3.8, 4) is 11.3 Å². The molecular weight excluding hydrogens is 432 g/mol. The number of aromatic nitrogens is 3. The van der Waals surface area contributed by atoms with Crippen molar-refractivity contribution in [3.05, 3.63) is 78.3 Å². The van der Waals surface area contributed by atoms with Gasteiger partial charge in [-0.05, 0) is 31.2 Å². The number of aryl methyl sites for hydroxylation is 1. The van der Waals surface area contributed by atoms with Crippen molar-refractivity contribution in [1.82, 2.24) is 15.1 Å². The number of nitrogens with two attached hydrogens (primary N) is 1. The third-order valence-electron chi connectivity index (χ3n) is 4.37. The molecule has 0 unspecified atom stereocenters. The Morgan fingerprint density at radius 2 is 1.78 bits per heavy atom. The average molecular weight is 450 g/mol. The molecule has 2 aromatic carbocycles. The van der Waals surface area contributed by atoms with Crippen molar-refractivity contribution in [2.75, 3.05) is 15.8 Å². The maximum absolute atomic E-state index is 12.7. The summed E-state index contributed by atoms with van der Waals surface area (Å²) in [6, 6.07) is 16.3. The number of hydrogen-bond donors (Lipinski definition) is 3. The van der Waals surface area contributed by atoms with Gasteiger partial charge in [-0.25, -0.2) is 18.4 Å². The van der Waals surface area contributed by atoms with Gasteiger partial charge in [-0.2, -0.15) is 0 Å². The van der Waals surface area contributed by atoms with Crippen LogP contribution in [0.1, 0.15) is 16.2 Å². The van der Waals surface area contributed by atoms with Crippen molar-refractivity contribution < 1.29 is 17.7 Å². The van der Waals surface area contributed by atoms with Crippen LogP contribution in [0.5, 0.6) is 0 Å². The van der Waals surface area contributed by atoms with E-state index in [-0.39, 0.29) is 22.2 Å². The van der Waals surface area contributed by atoms with E-state index in [2.05, 4.69) is 25.2 Å². The zero-order valence-electron chi connectivity index (χ0n) is 16.8. The lowest BCUT2D eigenvalue weighted by Crippen LogP contribution is -2.17. The van der Waals surface area contributed by atoms with Gasteiger partial charge in [0, 0.05) is 17.3 Å². The maximum Gasteiger partial charge on any atom is 0.278 e. The normalized spacial score (nSPS) is 11.2. The van der Waals surface area contributed by atoms with Crippen LogP contribution in [0.25, 0.3) is 11.3 Å². The highest BCUT2D eigenvalue weighted by molar-refractivity contribution is 7.92. The van der Waals surface area contributed by atoms with Crippen LogP contribution in [-0.2, 0) is 10.0 Å². The Hall–Kier alpha value is -4.25. The van der Waals surface area contributed by atoms with Crippen LogP contribution in [-0.4, -0.2) is 29.4 Å². The minimum atomic E-state index is -3.87. The molecule has 162 valence electrons. The molecule has 0 saturated heterocycles. The van der Waals surface area contributed by atoms with Gasteiger partial charge in [0.15, 0.2) is 17.3 Å². The SMILES string of the molecule is Cc1cc(NS(=O)(=O)c2ccc(NC(=O)c3nc(-c4ccccc4)cnc3N)cc2)no1. The maximum atomic E-state index is 12.7. The van der Waals surface area contributed by atoms with Gasteiger partial charge in [-0.1, -0.05) is 35.5 Å². The molecule has 4 rings (SSSR count). The third-order valence-corrected chi connectivity index (χ3v) is 5.75. The Balaban J connectivity index is 1.51. The summed E-state index contributed by atoms with van der Waals surface area (Å²) >= 11 is 0. The lowest BCUT2D eigenvalue weighted by molar-refractivity contribution is 0.102. The highest BCUT2D eigenvalue weighted by atomic mass is 32.2. The predicted molar refractivity (Wildman–Crippen MR) is 118 cm³/mol. The Morgan fingerprint density at radius 1 is 1.06 bits per heavy atom. The summed E-state index contributed by atoms with van der Waals surface area (Å²) in [7, 11) is -3.87. The molecule has 11 heteroatoms. The Morgan fingerprint density at radius 3 is 2.44 bits per heavy atom. The molecule has 0 aliphatic heterocycles. The van der Waals surface area contributed by atoms with E-state index in [0.29, 0.717) is 17.1 Å². The Kier molecular flexibility index (Phi) is 5.56. The molecule has 32 heavy (non-hydrogen) atoms. The van der Waals surface area contributed by atoms with Gasteiger partial charge in [-0.3, -0.25) is 9.52 Å². The molecule has 4 aromatic rings. The molecule has 4 N–H and O–H groups in total. The first-order valence-corrected chi connectivity index (χ1v) is 10.9. The molecular formula is C21H18N6O4S. The first-order valence-electron chi connectivity index (χ1n) is 9.37. The number of nitrogen functional groups attached to an aromatic ring is 1. The fourth-order valence-electron chi connectivity index (χ4n) is 2.83. The molecule has 1 amide bonds. The standard InChI is InChI=1S/C21H18N6O4S/c1-13-11-18(26-31-13)27-32(29,30)16-9-7-15(8-10-16)24-21(28)19-20(22)23-12-17(25-19)14-5-3-2-4-6-14/h2-12H,1H3,(H2,22,23)(H,24,28)(H,26,27). The summed E-state index contributed by atoms with van der Waals surface area (Å²) < 4.78 is 32.1. The molecule has 10 nitrogen and oxygen atoms in total. The van der Waals surface area contributed by atoms with Crippen LogP contribution >= 0.6 is 0 Å². The molecule has 0 fully saturated rings. The monoisotopic (exact) mass is 450 g/mol. The summed E-state index contributed by atoms with van der Waals surface area (Å²) in [6.07, 6.45) is 1.49. The Bertz CT molecular complexity index is 1370. The summed E-state index contributed by atoms with van der Waals surface area (Å²) in [5.41, 5.74) is 7.46. The minimum Gasteiger partial charge on any atom is -0.382 e. The number of benzene rings is 2. The van der Waals surface area contributed by atoms with Crippen LogP contribution in [0.3, 0.4) is 0 Å². The fourth-order valence-corrected chi connectivity index (χ4v) is 3.82. The number of nitrogens with zero attached hydrogens (tertiary/aromatic N) is 3. The van der Waals surface area contributed by atoms with Gasteiger partial charge < -0.3 is 15.6 Å². The number of sulfonamides is 1. The zero-order chi connectivity index (χ0) is 22.7. The molecule has 0 spiro atoms. The van der Waals surface area contributed by atoms with Crippen molar-refractivity contribution in [1.29, 1.82) is 0 Å². The van der Waals surface area contributed by atoms with E-state index in [0.717, 1.165) is 5.56 Å². The molecule has 0 bridgehead atoms. The number of carbonyl (C=O) groups excluding carboxylic acids is 1. The second kappa shape index (κ2) is 8.47. The summed E-state index contributed by atoms with van der Waals surface area (Å²) in [5.74, 6) is -0.0419. The van der Waals surface area contributed by atoms with E-state index in [4.69, 9.17) is 10.3 Å². The largest absolute Gasteiger partial charge is 0.382 e. The molecule has 2 heterocycles. The van der Waals surface area contributed by atoms with Gasteiger partial charge in [0.25, 0.3) is 15.9 Å². The van der Waals surface area contributed by atoms with Crippen LogP contribution < -0.4 is 15.8 Å². The predicted octanol–water partition coefficient (Wildman–Crippen LogP) is 3.08. The van der Waals surface area contributed by atoms with Crippen molar-refractivity contribution in [2.45, 2.75) is 11.8 Å². The Labute approximate surface area is 183 Å². The molecule has 0 atom stereocenters.